The molecule has 0 saturated carbocycles. The predicted molar refractivity (Wildman–Crippen MR) is 139 cm³/mol. The summed E-state index contributed by atoms with van der Waals surface area (Å²) < 4.78 is 31.0. The second-order valence-corrected chi connectivity index (χ2v) is 10.2. The van der Waals surface area contributed by atoms with Crippen molar-refractivity contribution in [1.82, 2.24) is 4.98 Å². The molecule has 188 valence electrons. The van der Waals surface area contributed by atoms with Gasteiger partial charge in [0.2, 0.25) is 0 Å². The van der Waals surface area contributed by atoms with Gasteiger partial charge in [0.05, 0.1) is 29.5 Å². The average molecular weight is 510 g/mol. The molecule has 2 N–H and O–H groups in total. The topological polar surface area (TPSA) is 96.7 Å². The zero-order valence-corrected chi connectivity index (χ0v) is 21.4. The van der Waals surface area contributed by atoms with E-state index in [9.17, 15) is 18.9 Å². The summed E-state index contributed by atoms with van der Waals surface area (Å²) in [6.07, 6.45) is -1.98. The van der Waals surface area contributed by atoms with Crippen LogP contribution in [-0.2, 0) is 13.9 Å². The minimum Gasteiger partial charge on any atom is -0.481 e. The summed E-state index contributed by atoms with van der Waals surface area (Å²) >= 11 is 0. The van der Waals surface area contributed by atoms with E-state index in [1.54, 1.807) is 12.1 Å². The Morgan fingerprint density at radius 2 is 1.83 bits per heavy atom. The van der Waals surface area contributed by atoms with Gasteiger partial charge in [-0.2, -0.15) is 0 Å². The molecule has 6 nitrogen and oxygen atoms in total. The minimum atomic E-state index is -2.65. The highest BCUT2D eigenvalue weighted by molar-refractivity contribution is 7.39. The van der Waals surface area contributed by atoms with Crippen LogP contribution >= 0.6 is 8.03 Å². The molecule has 0 aliphatic heterocycles. The van der Waals surface area contributed by atoms with E-state index in [2.05, 4.69) is 11.8 Å². The van der Waals surface area contributed by atoms with Gasteiger partial charge in [-0.25, -0.2) is 4.39 Å². The molecule has 0 radical (unpaired) electrons. The summed E-state index contributed by atoms with van der Waals surface area (Å²) in [5.74, 6) is 4.49. The van der Waals surface area contributed by atoms with Gasteiger partial charge in [0, 0.05) is 17.3 Å². The molecule has 0 bridgehead atoms. The van der Waals surface area contributed by atoms with E-state index >= 15 is 0 Å². The molecule has 1 heterocycles. The van der Waals surface area contributed by atoms with E-state index in [1.165, 1.54) is 12.1 Å². The minimum absolute atomic E-state index is 0.0312. The second kappa shape index (κ2) is 12.6. The molecule has 0 saturated heterocycles. The van der Waals surface area contributed by atoms with Crippen molar-refractivity contribution in [2.24, 2.45) is 0 Å². The number of nitrogens with zero attached hydrogens (tertiary/aromatic N) is 1. The average Bonchev–Trinajstić information content (AvgIpc) is 2.81. The third-order valence-corrected chi connectivity index (χ3v) is 6.77. The highest BCUT2D eigenvalue weighted by atomic mass is 31.1. The summed E-state index contributed by atoms with van der Waals surface area (Å²) in [7, 11) is -2.65. The van der Waals surface area contributed by atoms with Crippen LogP contribution in [0.2, 0.25) is 0 Å². The van der Waals surface area contributed by atoms with Crippen molar-refractivity contribution in [3.63, 3.8) is 0 Å². The third kappa shape index (κ3) is 7.35. The van der Waals surface area contributed by atoms with Gasteiger partial charge in [0.15, 0.2) is 8.03 Å². The number of carboxylic acid groups (broad SMARTS) is 1. The number of benzene rings is 2. The van der Waals surface area contributed by atoms with Crippen LogP contribution in [0.4, 0.5) is 4.39 Å². The first kappa shape index (κ1) is 27.3. The van der Waals surface area contributed by atoms with E-state index in [0.29, 0.717) is 5.56 Å². The SMILES string of the molecule is Cc1ccccc1-c1cc(-c2ccc(F)cc2)c(C#CCO[PH](=O)C[C@@H](O)CC(=O)O)c(C(C)C)n1. The maximum atomic E-state index is 13.7. The van der Waals surface area contributed by atoms with Crippen LogP contribution in [-0.4, -0.2) is 40.0 Å². The van der Waals surface area contributed by atoms with Gasteiger partial charge in [-0.05, 0) is 42.2 Å². The highest BCUT2D eigenvalue weighted by Crippen LogP contribution is 2.34. The molecule has 2 aromatic carbocycles. The number of pyridine rings is 1. The van der Waals surface area contributed by atoms with Gasteiger partial charge in [-0.15, -0.1) is 0 Å². The lowest BCUT2D eigenvalue weighted by molar-refractivity contribution is -0.138. The monoisotopic (exact) mass is 509 g/mol. The van der Waals surface area contributed by atoms with Crippen LogP contribution in [0.25, 0.3) is 22.4 Å². The van der Waals surface area contributed by atoms with Crippen molar-refractivity contribution < 1.29 is 28.5 Å². The van der Waals surface area contributed by atoms with Crippen LogP contribution in [0, 0.1) is 24.6 Å². The molecule has 0 amide bonds. The smallest absolute Gasteiger partial charge is 0.305 e. The summed E-state index contributed by atoms with van der Waals surface area (Å²) in [4.78, 5) is 15.6. The number of rotatable bonds is 9. The number of aliphatic carboxylic acids is 1. The maximum absolute atomic E-state index is 13.7. The number of aryl methyl sites for hydroxylation is 1. The molecular weight excluding hydrogens is 480 g/mol. The lowest BCUT2D eigenvalue weighted by Gasteiger charge is -2.17. The fourth-order valence-corrected chi connectivity index (χ4v) is 4.62. The number of halogens is 1. The Bertz CT molecular complexity index is 1310. The van der Waals surface area contributed by atoms with Gasteiger partial charge in [0.1, 0.15) is 12.4 Å². The molecule has 8 heteroatoms. The van der Waals surface area contributed by atoms with Crippen LogP contribution in [0.3, 0.4) is 0 Å². The van der Waals surface area contributed by atoms with Gasteiger partial charge in [-0.3, -0.25) is 14.3 Å². The van der Waals surface area contributed by atoms with Crippen LogP contribution in [0.15, 0.2) is 54.6 Å². The first-order valence-electron chi connectivity index (χ1n) is 11.6. The molecule has 1 aromatic heterocycles. The Balaban J connectivity index is 1.99. The Morgan fingerprint density at radius 1 is 1.14 bits per heavy atom. The van der Waals surface area contributed by atoms with E-state index in [-0.39, 0.29) is 24.5 Å². The predicted octanol–water partition coefficient (Wildman–Crippen LogP) is 5.66. The van der Waals surface area contributed by atoms with Gasteiger partial charge in [-0.1, -0.05) is 62.1 Å². The van der Waals surface area contributed by atoms with Gasteiger partial charge in [0.25, 0.3) is 0 Å². The quantitative estimate of drug-likeness (QED) is 0.285. The number of carboxylic acids is 1. The van der Waals surface area contributed by atoms with Crippen molar-refractivity contribution in [3.05, 3.63) is 77.2 Å². The van der Waals surface area contributed by atoms with E-state index in [0.717, 1.165) is 33.6 Å². The van der Waals surface area contributed by atoms with Crippen LogP contribution in [0.5, 0.6) is 0 Å². The summed E-state index contributed by atoms with van der Waals surface area (Å²) in [6, 6.07) is 16.1. The Hall–Kier alpha value is -3.30. The molecule has 3 aromatic rings. The lowest BCUT2D eigenvalue weighted by atomic mass is 9.92. The van der Waals surface area contributed by atoms with Crippen molar-refractivity contribution in [2.75, 3.05) is 12.8 Å². The summed E-state index contributed by atoms with van der Waals surface area (Å²) in [6.45, 7) is 5.90. The number of hydrogen-bond acceptors (Lipinski definition) is 5. The Morgan fingerprint density at radius 3 is 2.47 bits per heavy atom. The molecule has 1 unspecified atom stereocenters. The molecule has 0 spiro atoms. The third-order valence-electron chi connectivity index (χ3n) is 5.50. The van der Waals surface area contributed by atoms with Gasteiger partial charge >= 0.3 is 5.97 Å². The number of aliphatic hydroxyl groups is 1. The van der Waals surface area contributed by atoms with E-state index < -0.39 is 26.5 Å². The molecule has 3 rings (SSSR count). The fraction of sp³-hybridized carbons (Fsp3) is 0.286. The Labute approximate surface area is 211 Å². The van der Waals surface area contributed by atoms with Crippen molar-refractivity contribution in [2.45, 2.75) is 39.2 Å². The second-order valence-electron chi connectivity index (χ2n) is 8.71. The standard InChI is InChI=1S/C28H29FNO5P/c1-18(2)28-24(9-6-14-35-36(34)17-22(31)15-27(32)33)25(20-10-12-21(29)13-11-20)16-26(30-28)23-8-5-4-7-19(23)3/h4-5,7-8,10-13,16,18,22,31,36H,14-15,17H2,1-3H3,(H,32,33)/t22-/m0/s1. The first-order chi connectivity index (χ1) is 17.2. The summed E-state index contributed by atoms with van der Waals surface area (Å²) in [5.41, 5.74) is 5.87. The van der Waals surface area contributed by atoms with Crippen molar-refractivity contribution >= 4 is 14.0 Å². The highest BCUT2D eigenvalue weighted by Gasteiger charge is 2.18. The zero-order chi connectivity index (χ0) is 26.2. The fourth-order valence-electron chi connectivity index (χ4n) is 3.74. The molecule has 36 heavy (non-hydrogen) atoms. The number of hydrogen-bond donors (Lipinski definition) is 2. The normalized spacial score (nSPS) is 12.6. The van der Waals surface area contributed by atoms with Crippen molar-refractivity contribution in [3.8, 4) is 34.2 Å². The lowest BCUT2D eigenvalue weighted by Crippen LogP contribution is -2.15. The van der Waals surface area contributed by atoms with E-state index in [1.807, 2.05) is 51.1 Å². The first-order valence-corrected chi connectivity index (χ1v) is 13.1. The van der Waals surface area contributed by atoms with Crippen LogP contribution < -0.4 is 0 Å². The van der Waals surface area contributed by atoms with Gasteiger partial charge < -0.3 is 14.7 Å². The Kier molecular flexibility index (Phi) is 9.55. The molecule has 2 atom stereocenters. The van der Waals surface area contributed by atoms with E-state index in [4.69, 9.17) is 14.6 Å². The maximum Gasteiger partial charge on any atom is 0.305 e. The zero-order valence-electron chi connectivity index (χ0n) is 20.4. The molecular formula is C28H29FNO5P. The molecule has 0 fully saturated rings. The van der Waals surface area contributed by atoms with Crippen LogP contribution in [0.1, 0.15) is 43.0 Å². The molecule has 0 aliphatic carbocycles. The molecule has 0 aliphatic rings. The van der Waals surface area contributed by atoms with Crippen molar-refractivity contribution in [1.29, 1.82) is 0 Å². The largest absolute Gasteiger partial charge is 0.481 e. The number of carbonyl (C=O) groups is 1. The summed E-state index contributed by atoms with van der Waals surface area (Å²) in [5, 5.41) is 18.3. The number of aromatic nitrogens is 1. The number of aliphatic hydroxyl groups excluding tert-OH is 1.